The van der Waals surface area contributed by atoms with Gasteiger partial charge in [0.15, 0.2) is 0 Å². The Kier molecular flexibility index (Phi) is 19.4. The Morgan fingerprint density at radius 2 is 1.17 bits per heavy atom. The summed E-state index contributed by atoms with van der Waals surface area (Å²) in [7, 11) is 0. The molecule has 0 aliphatic carbocycles. The first-order chi connectivity index (χ1) is 10.4. The minimum atomic E-state index is -0.412. The first kappa shape index (κ1) is 25.4. The number of anilines is 2. The summed E-state index contributed by atoms with van der Waals surface area (Å²) in [5.41, 5.74) is 9.43. The van der Waals surface area contributed by atoms with Crippen LogP contribution in [-0.2, 0) is 16.8 Å². The van der Waals surface area contributed by atoms with Crippen molar-refractivity contribution < 1.29 is 16.8 Å². The molecule has 0 bridgehead atoms. The Labute approximate surface area is 151 Å². The van der Waals surface area contributed by atoms with Gasteiger partial charge < -0.3 is 32.3 Å². The first-order valence-corrected chi connectivity index (χ1v) is 5.87. The maximum atomic E-state index is 10.2. The Morgan fingerprint density at radius 3 is 1.30 bits per heavy atom. The number of hydrogen-bond acceptors (Lipinski definition) is 8. The minimum absolute atomic E-state index is 0. The molecule has 0 unspecified atom stereocenters. The topological polar surface area (TPSA) is 188 Å². The first-order valence-electron chi connectivity index (χ1n) is 5.06. The molecule has 2 aromatic rings. The molecule has 1 radical (unpaired) electrons. The molecule has 10 nitrogen and oxygen atoms in total. The maximum absolute atomic E-state index is 10.2. The molecular formula is C10H10CoN8O2S2. The van der Waals surface area contributed by atoms with E-state index in [0.29, 0.717) is 0 Å². The van der Waals surface area contributed by atoms with Crippen molar-refractivity contribution in [3.63, 3.8) is 0 Å². The number of thiocarbonyl (C=S) groups is 2. The number of hydrogen-bond donors (Lipinski definition) is 4. The van der Waals surface area contributed by atoms with Crippen molar-refractivity contribution >= 4 is 46.4 Å². The van der Waals surface area contributed by atoms with Crippen molar-refractivity contribution in [1.29, 1.82) is 0 Å². The molecule has 0 atom stereocenters. The molecular weight excluding hydrogens is 387 g/mol. The summed E-state index contributed by atoms with van der Waals surface area (Å²) in [5.74, 6) is 0.488. The van der Waals surface area contributed by atoms with Crippen molar-refractivity contribution in [2.45, 2.75) is 0 Å². The van der Waals surface area contributed by atoms with E-state index in [0.717, 1.165) is 0 Å². The Balaban J connectivity index is -0.000000253. The van der Waals surface area contributed by atoms with E-state index < -0.39 is 11.4 Å². The van der Waals surface area contributed by atoms with Crippen molar-refractivity contribution in [3.05, 3.63) is 56.3 Å². The van der Waals surface area contributed by atoms with Crippen LogP contribution in [-0.4, -0.2) is 30.3 Å². The molecule has 0 fully saturated rings. The summed E-state index contributed by atoms with van der Waals surface area (Å²) < 4.78 is 0. The molecule has 23 heavy (non-hydrogen) atoms. The second-order valence-corrected chi connectivity index (χ2v) is 3.19. The molecule has 0 spiro atoms. The minimum Gasteiger partial charge on any atom is -0.753 e. The van der Waals surface area contributed by atoms with Crippen molar-refractivity contribution in [3.8, 4) is 0 Å². The van der Waals surface area contributed by atoms with E-state index in [1.165, 1.54) is 34.8 Å². The number of aromatic nitrogens is 4. The van der Waals surface area contributed by atoms with Gasteiger partial charge in [0.05, 0.1) is 0 Å². The summed E-state index contributed by atoms with van der Waals surface area (Å²) in [6.07, 6.45) is 2.90. The van der Waals surface area contributed by atoms with Gasteiger partial charge in [-0.25, -0.2) is 9.59 Å². The van der Waals surface area contributed by atoms with Gasteiger partial charge in [-0.15, -0.1) is 0 Å². The van der Waals surface area contributed by atoms with Gasteiger partial charge in [0.25, 0.3) is 0 Å². The summed E-state index contributed by atoms with van der Waals surface area (Å²) >= 11 is 7.40. The van der Waals surface area contributed by atoms with E-state index in [4.69, 9.17) is 22.3 Å². The molecule has 0 saturated carbocycles. The van der Waals surface area contributed by atoms with E-state index in [-0.39, 0.29) is 28.4 Å². The van der Waals surface area contributed by atoms with Gasteiger partial charge >= 0.3 is 28.2 Å². The molecule has 0 saturated heterocycles. The predicted octanol–water partition coefficient (Wildman–Crippen LogP) is 0.0189. The van der Waals surface area contributed by atoms with Crippen LogP contribution in [0.15, 0.2) is 34.1 Å². The Bertz CT molecular complexity index is 672. The molecule has 13 heteroatoms. The predicted molar refractivity (Wildman–Crippen MR) is 90.5 cm³/mol. The van der Waals surface area contributed by atoms with Gasteiger partial charge in [-0.3, -0.25) is 0 Å². The van der Waals surface area contributed by atoms with E-state index >= 15 is 0 Å². The zero-order valence-electron chi connectivity index (χ0n) is 11.2. The van der Waals surface area contributed by atoms with E-state index in [9.17, 15) is 9.59 Å². The summed E-state index contributed by atoms with van der Waals surface area (Å²) in [4.78, 5) is 31.8. The summed E-state index contributed by atoms with van der Waals surface area (Å²) in [5, 5.41) is 16.9. The standard InChI is InChI=1S/2C4H5N3O.2CNS.Co/c2*5-3-1-2-6-4(8)7-3;2*2-1-3;/h2*1-2H,(H3,5,6,7,8);;;/q;;2*-1;+2. The molecule has 0 amide bonds. The third kappa shape index (κ3) is 19.5. The summed E-state index contributed by atoms with van der Waals surface area (Å²) in [6.45, 7) is 0. The number of nitrogens with zero attached hydrogens (tertiary/aromatic N) is 4. The largest absolute Gasteiger partial charge is 2.00 e. The number of H-pyrrole nitrogens is 2. The zero-order valence-corrected chi connectivity index (χ0v) is 13.9. The monoisotopic (exact) mass is 397 g/mol. The number of isothiocyanates is 2. The van der Waals surface area contributed by atoms with Crippen LogP contribution in [0.25, 0.3) is 10.8 Å². The van der Waals surface area contributed by atoms with E-state index in [1.54, 1.807) is 0 Å². The van der Waals surface area contributed by atoms with Crippen LogP contribution in [0.2, 0.25) is 0 Å². The molecule has 2 rings (SSSR count). The fourth-order valence-corrected chi connectivity index (χ4v) is 0.770. The van der Waals surface area contributed by atoms with Gasteiger partial charge in [0, 0.05) is 12.4 Å². The van der Waals surface area contributed by atoms with E-state index in [2.05, 4.69) is 44.4 Å². The van der Waals surface area contributed by atoms with E-state index in [1.807, 2.05) is 0 Å². The van der Waals surface area contributed by atoms with Crippen LogP contribution in [0.5, 0.6) is 0 Å². The van der Waals surface area contributed by atoms with Crippen LogP contribution >= 0.6 is 24.4 Å². The van der Waals surface area contributed by atoms with Gasteiger partial charge in [0.2, 0.25) is 0 Å². The van der Waals surface area contributed by atoms with Crippen LogP contribution in [0.3, 0.4) is 0 Å². The fourth-order valence-electron chi connectivity index (χ4n) is 0.770. The number of nitrogens with two attached hydrogens (primary N) is 2. The van der Waals surface area contributed by atoms with Crippen molar-refractivity contribution in [2.75, 3.05) is 11.5 Å². The summed E-state index contributed by atoms with van der Waals surface area (Å²) in [6, 6.07) is 3.03. The second-order valence-electron chi connectivity index (χ2n) is 2.82. The third-order valence-corrected chi connectivity index (χ3v) is 1.38. The molecule has 0 aromatic carbocycles. The molecule has 2 aromatic heterocycles. The second kappa shape index (κ2) is 17.5. The number of aromatic amines is 2. The average Bonchev–Trinajstić information content (AvgIpc) is 2.40. The number of nitrogen functional groups attached to an aromatic ring is 2. The average molecular weight is 397 g/mol. The molecule has 0 aliphatic heterocycles. The van der Waals surface area contributed by atoms with Crippen molar-refractivity contribution in [2.24, 2.45) is 0 Å². The number of rotatable bonds is 0. The molecule has 6 N–H and O–H groups in total. The van der Waals surface area contributed by atoms with Gasteiger partial charge in [0.1, 0.15) is 11.6 Å². The quantitative estimate of drug-likeness (QED) is 0.353. The fraction of sp³-hybridized carbons (Fsp3) is 0. The van der Waals surface area contributed by atoms with Gasteiger partial charge in [-0.2, -0.15) is 20.3 Å². The van der Waals surface area contributed by atoms with Crippen molar-refractivity contribution in [1.82, 2.24) is 19.9 Å². The van der Waals surface area contributed by atoms with Crippen LogP contribution < -0.4 is 22.8 Å². The Hall–Kier alpha value is -2.53. The molecule has 0 aliphatic rings. The molecule has 123 valence electrons. The van der Waals surface area contributed by atoms with Crippen LogP contribution in [0.1, 0.15) is 0 Å². The van der Waals surface area contributed by atoms with Gasteiger partial charge in [-0.1, -0.05) is 24.4 Å². The SMILES string of the molecule is Nc1cc[nH]c(=O)n1.Nc1cc[nH]c(=O)n1.[Co+2].[N-]=C=S.[N-]=C=S. The van der Waals surface area contributed by atoms with Gasteiger partial charge in [-0.05, 0) is 12.1 Å². The molecule has 2 heterocycles. The van der Waals surface area contributed by atoms with Crippen LogP contribution in [0.4, 0.5) is 11.6 Å². The number of nitrogens with one attached hydrogen (secondary N) is 2. The zero-order chi connectivity index (χ0) is 17.4. The normalized spacial score (nSPS) is 6.96. The third-order valence-electron chi connectivity index (χ3n) is 1.38. The van der Waals surface area contributed by atoms with Crippen LogP contribution in [0, 0.1) is 0 Å². The Morgan fingerprint density at radius 1 is 0.913 bits per heavy atom. The smallest absolute Gasteiger partial charge is 0.753 e. The maximum Gasteiger partial charge on any atom is 2.00 e.